The normalized spacial score (nSPS) is 12.2. The van der Waals surface area contributed by atoms with Gasteiger partial charge in [-0.25, -0.2) is 0 Å². The molecule has 0 fully saturated rings. The summed E-state index contributed by atoms with van der Waals surface area (Å²) in [5.74, 6) is 0. The van der Waals surface area contributed by atoms with Gasteiger partial charge in [0.05, 0.1) is 41.8 Å². The molecular formula is C25H23N5O. The van der Waals surface area contributed by atoms with Crippen LogP contribution in [0.1, 0.15) is 5.56 Å². The molecule has 0 saturated heterocycles. The minimum absolute atomic E-state index is 0.00156. The van der Waals surface area contributed by atoms with Crippen molar-refractivity contribution in [1.82, 2.24) is 15.2 Å². The number of nitrogens with one attached hydrogen (secondary N) is 2. The lowest BCUT2D eigenvalue weighted by molar-refractivity contribution is 0.568. The molecule has 6 heteroatoms. The third-order valence-corrected chi connectivity index (χ3v) is 5.34. The second kappa shape index (κ2) is 8.45. The number of rotatable bonds is 7. The first-order valence-corrected chi connectivity index (χ1v) is 10.3. The van der Waals surface area contributed by atoms with E-state index in [1.807, 2.05) is 42.7 Å². The maximum Gasteiger partial charge on any atom is 0.0996 e. The van der Waals surface area contributed by atoms with Gasteiger partial charge in [0.15, 0.2) is 0 Å². The minimum atomic E-state index is 0.00156. The van der Waals surface area contributed by atoms with E-state index in [1.54, 1.807) is 12.5 Å². The average Bonchev–Trinajstić information content (AvgIpc) is 3.50. The lowest BCUT2D eigenvalue weighted by atomic mass is 9.99. The van der Waals surface area contributed by atoms with Crippen molar-refractivity contribution in [2.24, 2.45) is 5.73 Å². The van der Waals surface area contributed by atoms with Crippen LogP contribution >= 0.6 is 0 Å². The van der Waals surface area contributed by atoms with Crippen LogP contribution in [0.15, 0.2) is 90.0 Å². The van der Waals surface area contributed by atoms with Crippen molar-refractivity contribution < 1.29 is 4.42 Å². The summed E-state index contributed by atoms with van der Waals surface area (Å²) in [7, 11) is 0. The molecule has 154 valence electrons. The molecule has 2 aromatic carbocycles. The first-order chi connectivity index (χ1) is 15.3. The van der Waals surface area contributed by atoms with E-state index in [-0.39, 0.29) is 6.04 Å². The molecule has 0 aliphatic heterocycles. The Hall–Kier alpha value is -3.90. The van der Waals surface area contributed by atoms with Gasteiger partial charge in [-0.3, -0.25) is 10.1 Å². The quantitative estimate of drug-likeness (QED) is 0.357. The minimum Gasteiger partial charge on any atom is -0.472 e. The maximum atomic E-state index is 6.35. The fourth-order valence-corrected chi connectivity index (χ4v) is 3.76. The summed E-state index contributed by atoms with van der Waals surface area (Å²) < 4.78 is 5.30. The van der Waals surface area contributed by atoms with E-state index in [0.29, 0.717) is 6.54 Å². The van der Waals surface area contributed by atoms with Gasteiger partial charge < -0.3 is 15.5 Å². The van der Waals surface area contributed by atoms with E-state index in [2.05, 4.69) is 45.8 Å². The van der Waals surface area contributed by atoms with Crippen molar-refractivity contribution in [2.45, 2.75) is 12.5 Å². The fourth-order valence-electron chi connectivity index (χ4n) is 3.76. The summed E-state index contributed by atoms with van der Waals surface area (Å²) in [5.41, 5.74) is 13.4. The number of aromatic nitrogens is 3. The van der Waals surface area contributed by atoms with Gasteiger partial charge in [-0.2, -0.15) is 5.10 Å². The highest BCUT2D eigenvalue weighted by Gasteiger charge is 2.13. The number of hydrogen-bond donors (Lipinski definition) is 3. The third-order valence-electron chi connectivity index (χ3n) is 5.34. The topological polar surface area (TPSA) is 92.8 Å². The second-order valence-corrected chi connectivity index (χ2v) is 7.63. The van der Waals surface area contributed by atoms with Crippen LogP contribution in [0.2, 0.25) is 0 Å². The van der Waals surface area contributed by atoms with Crippen LogP contribution in [-0.4, -0.2) is 27.8 Å². The van der Waals surface area contributed by atoms with Crippen molar-refractivity contribution in [1.29, 1.82) is 0 Å². The van der Waals surface area contributed by atoms with Gasteiger partial charge in [0.2, 0.25) is 0 Å². The molecule has 6 nitrogen and oxygen atoms in total. The lowest BCUT2D eigenvalue weighted by Crippen LogP contribution is -2.31. The van der Waals surface area contributed by atoms with Crippen molar-refractivity contribution in [3.63, 3.8) is 0 Å². The Labute approximate surface area is 180 Å². The van der Waals surface area contributed by atoms with Crippen molar-refractivity contribution in [2.75, 3.05) is 11.9 Å². The smallest absolute Gasteiger partial charge is 0.0996 e. The Balaban J connectivity index is 1.42. The van der Waals surface area contributed by atoms with E-state index in [1.165, 1.54) is 5.56 Å². The number of fused-ring (bicyclic) bond motifs is 1. The highest BCUT2D eigenvalue weighted by atomic mass is 16.3. The molecule has 0 amide bonds. The van der Waals surface area contributed by atoms with Crippen LogP contribution in [0, 0.1) is 0 Å². The Morgan fingerprint density at radius 3 is 2.74 bits per heavy atom. The van der Waals surface area contributed by atoms with Crippen LogP contribution in [0.3, 0.4) is 0 Å². The van der Waals surface area contributed by atoms with E-state index in [0.717, 1.165) is 45.4 Å². The molecule has 0 saturated carbocycles. The number of anilines is 1. The number of nitrogens with zero attached hydrogens (tertiary/aromatic N) is 2. The molecule has 0 spiro atoms. The Kier molecular flexibility index (Phi) is 5.21. The molecular weight excluding hydrogens is 386 g/mol. The SMILES string of the molecule is N[C@H](CNc1cnc(-c2ccoc2)c(-c2ccc3[nH]ncc3c2)c1)Cc1ccccc1. The predicted octanol–water partition coefficient (Wildman–Crippen LogP) is 4.87. The third kappa shape index (κ3) is 4.20. The molecule has 3 aromatic heterocycles. The summed E-state index contributed by atoms with van der Waals surface area (Å²) in [6.45, 7) is 0.655. The highest BCUT2D eigenvalue weighted by molar-refractivity contribution is 5.89. The zero-order chi connectivity index (χ0) is 21.0. The van der Waals surface area contributed by atoms with E-state index < -0.39 is 0 Å². The standard InChI is InChI=1S/C25H23N5O/c26-21(10-17-4-2-1-3-5-17)14-27-22-12-23(25(28-15-22)19-8-9-31-16-19)18-6-7-24-20(11-18)13-29-30-24/h1-9,11-13,15-16,21,27H,10,14,26H2,(H,29,30)/t21-/m0/s1. The summed E-state index contributed by atoms with van der Waals surface area (Å²) in [6.07, 6.45) is 7.87. The Morgan fingerprint density at radius 1 is 1.00 bits per heavy atom. The number of hydrogen-bond acceptors (Lipinski definition) is 5. The second-order valence-electron chi connectivity index (χ2n) is 7.63. The summed E-state index contributed by atoms with van der Waals surface area (Å²) in [5, 5.41) is 11.6. The number of furan rings is 1. The molecule has 0 unspecified atom stereocenters. The van der Waals surface area contributed by atoms with E-state index >= 15 is 0 Å². The largest absolute Gasteiger partial charge is 0.472 e. The summed E-state index contributed by atoms with van der Waals surface area (Å²) in [6, 6.07) is 20.6. The molecule has 5 rings (SSSR count). The first-order valence-electron chi connectivity index (χ1n) is 10.3. The monoisotopic (exact) mass is 409 g/mol. The van der Waals surface area contributed by atoms with Crippen molar-refractivity contribution in [3.8, 4) is 22.4 Å². The summed E-state index contributed by atoms with van der Waals surface area (Å²) in [4.78, 5) is 4.74. The molecule has 0 radical (unpaired) electrons. The van der Waals surface area contributed by atoms with Crippen LogP contribution in [0.25, 0.3) is 33.3 Å². The van der Waals surface area contributed by atoms with Gasteiger partial charge in [-0.05, 0) is 41.8 Å². The first kappa shape index (κ1) is 19.1. The molecule has 31 heavy (non-hydrogen) atoms. The molecule has 0 aliphatic carbocycles. The van der Waals surface area contributed by atoms with Gasteiger partial charge in [0.1, 0.15) is 0 Å². The molecule has 3 heterocycles. The molecule has 0 aliphatic rings. The molecule has 4 N–H and O–H groups in total. The van der Waals surface area contributed by atoms with Gasteiger partial charge in [0, 0.05) is 29.1 Å². The van der Waals surface area contributed by atoms with Crippen molar-refractivity contribution >= 4 is 16.6 Å². The van der Waals surface area contributed by atoms with Crippen LogP contribution < -0.4 is 11.1 Å². The lowest BCUT2D eigenvalue weighted by Gasteiger charge is -2.16. The number of nitrogens with two attached hydrogens (primary N) is 1. The number of benzene rings is 2. The summed E-state index contributed by atoms with van der Waals surface area (Å²) >= 11 is 0. The van der Waals surface area contributed by atoms with E-state index in [4.69, 9.17) is 15.1 Å². The zero-order valence-corrected chi connectivity index (χ0v) is 17.0. The number of aromatic amines is 1. The molecule has 0 bridgehead atoms. The van der Waals surface area contributed by atoms with Crippen LogP contribution in [0.4, 0.5) is 5.69 Å². The van der Waals surface area contributed by atoms with Crippen molar-refractivity contribution in [3.05, 3.63) is 91.1 Å². The highest BCUT2D eigenvalue weighted by Crippen LogP contribution is 2.34. The number of H-pyrrole nitrogens is 1. The molecule has 5 aromatic rings. The van der Waals surface area contributed by atoms with Crippen LogP contribution in [-0.2, 0) is 6.42 Å². The van der Waals surface area contributed by atoms with Gasteiger partial charge in [-0.15, -0.1) is 0 Å². The molecule has 1 atom stereocenters. The Bertz CT molecular complexity index is 1280. The average molecular weight is 409 g/mol. The van der Waals surface area contributed by atoms with Crippen LogP contribution in [0.5, 0.6) is 0 Å². The number of pyridine rings is 1. The van der Waals surface area contributed by atoms with Gasteiger partial charge >= 0.3 is 0 Å². The van der Waals surface area contributed by atoms with E-state index in [9.17, 15) is 0 Å². The maximum absolute atomic E-state index is 6.35. The fraction of sp³-hybridized carbons (Fsp3) is 0.120. The predicted molar refractivity (Wildman–Crippen MR) is 124 cm³/mol. The zero-order valence-electron chi connectivity index (χ0n) is 17.0. The van der Waals surface area contributed by atoms with Gasteiger partial charge in [-0.1, -0.05) is 36.4 Å². The van der Waals surface area contributed by atoms with Gasteiger partial charge in [0.25, 0.3) is 0 Å². The Morgan fingerprint density at radius 2 is 1.90 bits per heavy atom.